The van der Waals surface area contributed by atoms with Crippen LogP contribution < -0.4 is 40.8 Å². The third-order valence-corrected chi connectivity index (χ3v) is 13.7. The molecule has 1 amide bonds. The van der Waals surface area contributed by atoms with E-state index in [2.05, 4.69) is 6.58 Å². The Morgan fingerprint density at radius 2 is 0.917 bits per heavy atom. The fourth-order valence-electron chi connectivity index (χ4n) is 6.57. The molecule has 0 atom stereocenters. The Morgan fingerprint density at radius 1 is 0.500 bits per heavy atom. The first kappa shape index (κ1) is 61.6. The lowest BCUT2D eigenvalue weighted by molar-refractivity contribution is 0.150. The maximum absolute atomic E-state index is 12.2. The van der Waals surface area contributed by atoms with Crippen molar-refractivity contribution in [2.24, 2.45) is 7.05 Å². The van der Waals surface area contributed by atoms with Crippen molar-refractivity contribution in [2.45, 2.75) is 116 Å². The van der Waals surface area contributed by atoms with E-state index in [4.69, 9.17) is 4.84 Å². The van der Waals surface area contributed by atoms with Crippen LogP contribution in [-0.4, -0.2) is 49.0 Å². The molecular formula is C52H70N8O8S4. The van der Waals surface area contributed by atoms with Crippen LogP contribution in [0.3, 0.4) is 0 Å². The second-order valence-electron chi connectivity index (χ2n) is 15.5. The third kappa shape index (κ3) is 14.8. The second-order valence-corrected chi connectivity index (χ2v) is 19.1. The molecule has 7 aromatic rings. The topological polar surface area (TPSA) is 165 Å². The van der Waals surface area contributed by atoms with Crippen LogP contribution in [0, 0.1) is 34.6 Å². The summed E-state index contributed by atoms with van der Waals surface area (Å²) in [5, 5.41) is 0.0354. The molecule has 0 saturated carbocycles. The lowest BCUT2D eigenvalue weighted by Crippen LogP contribution is -2.32. The van der Waals surface area contributed by atoms with Gasteiger partial charge in [0.1, 0.15) is 12.9 Å². The molecule has 4 heterocycles. The van der Waals surface area contributed by atoms with Gasteiger partial charge in [0, 0.05) is 53.7 Å². The molecule has 0 bridgehead atoms. The van der Waals surface area contributed by atoms with Crippen molar-refractivity contribution in [3.05, 3.63) is 192 Å². The lowest BCUT2D eigenvalue weighted by atomic mass is 10.1. The first-order valence-electron chi connectivity index (χ1n) is 23.5. The Labute approximate surface area is 438 Å². The maximum atomic E-state index is 12.2. The van der Waals surface area contributed by atoms with E-state index in [9.17, 15) is 33.6 Å². The standard InChI is InChI=1S/C13H16N2O2S.C13H16N2OS.C10H10N2O3S.C10H10N2O2S.3C2H6/c1-8(2)14-12(16)15(18-13(14)17)11-6-5-9(3)7-10(11)4;1-9(2)14-11(4)15(17-13(14)16)12-8-6-5-7-10(12)3;1-7-5-3-4-6-8(7)12-9(13)11(15-2)10(14)16-12;1-7-5-3-4-6-8(7)12-9(13)11(2)10(14)15-12;3*1-2/h5-8H,1-4H3;5-9H,4H2,1-3H3;3-6H,1-2H3;3-6H,1-2H3;3*1-2H3. The minimum absolute atomic E-state index is 0.0354. The summed E-state index contributed by atoms with van der Waals surface area (Å²) in [5.41, 5.74) is 7.42. The fourth-order valence-corrected chi connectivity index (χ4v) is 10.3. The van der Waals surface area contributed by atoms with Crippen molar-refractivity contribution in [1.82, 2.24) is 30.6 Å². The van der Waals surface area contributed by atoms with Gasteiger partial charge < -0.3 is 4.84 Å². The van der Waals surface area contributed by atoms with Crippen molar-refractivity contribution in [3.63, 3.8) is 0 Å². The Bertz CT molecular complexity index is 3250. The molecule has 0 aliphatic carbocycles. The Hall–Kier alpha value is -6.48. The smallest absolute Gasteiger partial charge is 0.379 e. The number of para-hydroxylation sites is 3. The Balaban J connectivity index is 0.000000318. The van der Waals surface area contributed by atoms with Crippen LogP contribution in [0.2, 0.25) is 0 Å². The first-order chi connectivity index (χ1) is 34.2. The first-order valence-corrected chi connectivity index (χ1v) is 26.6. The number of carbonyl (C=O) groups excluding carboxylic acids is 1. The Morgan fingerprint density at radius 3 is 1.29 bits per heavy atom. The van der Waals surface area contributed by atoms with Crippen LogP contribution in [-0.2, 0) is 7.05 Å². The van der Waals surface area contributed by atoms with E-state index < -0.39 is 10.6 Å². The number of aryl methyl sites for hydroxylation is 5. The molecule has 0 unspecified atom stereocenters. The molecule has 1 fully saturated rings. The maximum Gasteiger partial charge on any atom is 0.379 e. The summed E-state index contributed by atoms with van der Waals surface area (Å²) in [6, 6.07) is 28.7. The number of hydrogen-bond donors (Lipinski definition) is 0. The monoisotopic (exact) mass is 1060 g/mol. The van der Waals surface area contributed by atoms with Crippen LogP contribution in [0.15, 0.2) is 132 Å². The largest absolute Gasteiger partial charge is 0.409 e. The van der Waals surface area contributed by atoms with Crippen LogP contribution in [0.1, 0.15) is 103 Å². The van der Waals surface area contributed by atoms with Crippen LogP contribution >= 0.6 is 46.5 Å². The minimum atomic E-state index is -0.480. The minimum Gasteiger partial charge on any atom is -0.409 e. The zero-order chi connectivity index (χ0) is 54.7. The van der Waals surface area contributed by atoms with Crippen LogP contribution in [0.25, 0.3) is 17.1 Å². The number of carbonyl (C=O) groups is 1. The average molecular weight is 1060 g/mol. The van der Waals surface area contributed by atoms with Crippen LogP contribution in [0.4, 0.5) is 10.5 Å². The van der Waals surface area contributed by atoms with Gasteiger partial charge >= 0.3 is 36.9 Å². The number of rotatable bonds is 7. The number of aromatic nitrogens is 6. The van der Waals surface area contributed by atoms with Gasteiger partial charge in [-0.1, -0.05) is 125 Å². The van der Waals surface area contributed by atoms with Gasteiger partial charge in [0.2, 0.25) is 0 Å². The lowest BCUT2D eigenvalue weighted by Gasteiger charge is -2.24. The van der Waals surface area contributed by atoms with E-state index in [0.29, 0.717) is 5.69 Å². The number of nitrogens with zero attached hydrogens (tertiary/aromatic N) is 8. The summed E-state index contributed by atoms with van der Waals surface area (Å²) in [6.45, 7) is 33.4. The van der Waals surface area contributed by atoms with Crippen molar-refractivity contribution in [1.29, 1.82) is 0 Å². The molecule has 3 aromatic heterocycles. The molecule has 1 aliphatic rings. The summed E-state index contributed by atoms with van der Waals surface area (Å²) in [5.74, 6) is 0.740. The molecule has 1 saturated heterocycles. The summed E-state index contributed by atoms with van der Waals surface area (Å²) in [6.07, 6.45) is 0. The highest BCUT2D eigenvalue weighted by Gasteiger charge is 2.35. The zero-order valence-electron chi connectivity index (χ0n) is 44.5. The summed E-state index contributed by atoms with van der Waals surface area (Å²) < 4.78 is 9.23. The highest BCUT2D eigenvalue weighted by atomic mass is 32.2. The number of anilines is 1. The van der Waals surface area contributed by atoms with Gasteiger partial charge in [-0.05, 0) is 109 Å². The van der Waals surface area contributed by atoms with Gasteiger partial charge in [0.15, 0.2) is 0 Å². The third-order valence-electron chi connectivity index (χ3n) is 10.0. The van der Waals surface area contributed by atoms with E-state index in [1.54, 1.807) is 11.0 Å². The Kier molecular flexibility index (Phi) is 24.9. The summed E-state index contributed by atoms with van der Waals surface area (Å²) in [4.78, 5) is 87.6. The number of amides is 1. The molecule has 390 valence electrons. The average Bonchev–Trinajstić information content (AvgIpc) is 4.02. The van der Waals surface area contributed by atoms with Crippen molar-refractivity contribution in [3.8, 4) is 17.1 Å². The zero-order valence-corrected chi connectivity index (χ0v) is 47.8. The highest BCUT2D eigenvalue weighted by Crippen LogP contribution is 2.39. The predicted octanol–water partition coefficient (Wildman–Crippen LogP) is 10.4. The molecule has 8 rings (SSSR count). The summed E-state index contributed by atoms with van der Waals surface area (Å²) in [7, 11) is 2.77. The molecule has 16 nitrogen and oxygen atoms in total. The highest BCUT2D eigenvalue weighted by molar-refractivity contribution is 8.15. The molecule has 72 heavy (non-hydrogen) atoms. The van der Waals surface area contributed by atoms with E-state index in [1.807, 2.05) is 193 Å². The van der Waals surface area contributed by atoms with Crippen LogP contribution in [0.5, 0.6) is 0 Å². The quantitative estimate of drug-likeness (QED) is 0.140. The van der Waals surface area contributed by atoms with Crippen molar-refractivity contribution < 1.29 is 9.63 Å². The van der Waals surface area contributed by atoms with Gasteiger partial charge in [-0.3, -0.25) is 33.0 Å². The van der Waals surface area contributed by atoms with E-state index in [0.717, 1.165) is 94.6 Å². The van der Waals surface area contributed by atoms with Gasteiger partial charge in [-0.25, -0.2) is 30.8 Å². The molecule has 1 aliphatic heterocycles. The SMILES string of the molecule is C=C1N(c2ccccc2C)SC(=O)N1C(C)C.CC.CC.CC.COn1c(=O)sn(-c2ccccc2C)c1=O.Cc1ccc(-n2sc(=O)n(C(C)C)c2=O)c(C)c1.Cc1ccccc1-n1sc(=O)n(C)c1=O. The molecular weight excluding hydrogens is 993 g/mol. The van der Waals surface area contributed by atoms with E-state index >= 15 is 0 Å². The molecule has 4 aromatic carbocycles. The van der Waals surface area contributed by atoms with Gasteiger partial charge in [-0.15, -0.1) is 0 Å². The fraction of sp³-hybridized carbons (Fsp3) is 0.365. The van der Waals surface area contributed by atoms with Crippen molar-refractivity contribution >= 4 is 57.5 Å². The normalized spacial score (nSPS) is 11.4. The van der Waals surface area contributed by atoms with Gasteiger partial charge in [-0.2, -0.15) is 0 Å². The van der Waals surface area contributed by atoms with Gasteiger partial charge in [0.05, 0.1) is 34.7 Å². The van der Waals surface area contributed by atoms with E-state index in [1.165, 1.54) is 42.5 Å². The molecule has 0 spiro atoms. The predicted molar refractivity (Wildman–Crippen MR) is 302 cm³/mol. The number of benzene rings is 4. The van der Waals surface area contributed by atoms with Gasteiger partial charge in [0.25, 0.3) is 0 Å². The summed E-state index contributed by atoms with van der Waals surface area (Å²) >= 11 is 3.89. The van der Waals surface area contributed by atoms with E-state index in [-0.39, 0.29) is 38.4 Å². The number of hydrogen-bond acceptors (Lipinski definition) is 13. The molecule has 0 radical (unpaired) electrons. The molecule has 20 heteroatoms. The molecule has 0 N–H and O–H groups in total. The second kappa shape index (κ2) is 29.1. The van der Waals surface area contributed by atoms with Crippen molar-refractivity contribution in [2.75, 3.05) is 11.4 Å².